The lowest BCUT2D eigenvalue weighted by atomic mass is 10.4. The van der Waals surface area contributed by atoms with Gasteiger partial charge in [-0.05, 0) is 24.3 Å². The first-order valence-electron chi connectivity index (χ1n) is 5.31. The summed E-state index contributed by atoms with van der Waals surface area (Å²) < 4.78 is 10.7. The quantitative estimate of drug-likeness (QED) is 0.858. The summed E-state index contributed by atoms with van der Waals surface area (Å²) in [6.45, 7) is 1.26. The molecule has 4 nitrogen and oxygen atoms in total. The summed E-state index contributed by atoms with van der Waals surface area (Å²) >= 11 is 7.37. The smallest absolute Gasteiger partial charge is 0.373 e. The van der Waals surface area contributed by atoms with E-state index in [0.29, 0.717) is 18.8 Å². The number of furan rings is 1. The van der Waals surface area contributed by atoms with Gasteiger partial charge in [-0.1, -0.05) is 11.6 Å². The van der Waals surface area contributed by atoms with Crippen LogP contribution >= 0.6 is 22.9 Å². The molecule has 6 heteroatoms. The van der Waals surface area contributed by atoms with Gasteiger partial charge in [0.15, 0.2) is 0 Å². The van der Waals surface area contributed by atoms with Crippen molar-refractivity contribution in [1.29, 1.82) is 0 Å². The maximum absolute atomic E-state index is 11.2. The molecule has 0 amide bonds. The zero-order chi connectivity index (χ0) is 13.0. The summed E-state index contributed by atoms with van der Waals surface area (Å²) in [5.41, 5.74) is 0. The second kappa shape index (κ2) is 6.04. The fourth-order valence-corrected chi connectivity index (χ4v) is 2.50. The van der Waals surface area contributed by atoms with Crippen molar-refractivity contribution in [3.63, 3.8) is 0 Å². The largest absolute Gasteiger partial charge is 0.463 e. The predicted molar refractivity (Wildman–Crippen MR) is 69.9 cm³/mol. The Balaban J connectivity index is 1.83. The Morgan fingerprint density at radius 1 is 1.39 bits per heavy atom. The Hall–Kier alpha value is -1.30. The normalized spacial score (nSPS) is 10.6. The maximum Gasteiger partial charge on any atom is 0.373 e. The lowest BCUT2D eigenvalue weighted by molar-refractivity contribution is 0.0563. The lowest BCUT2D eigenvalue weighted by Crippen LogP contribution is -2.11. The molecule has 0 atom stereocenters. The Kier molecular flexibility index (Phi) is 4.41. The molecular weight excluding hydrogens is 274 g/mol. The second-order valence-electron chi connectivity index (χ2n) is 3.57. The van der Waals surface area contributed by atoms with Crippen LogP contribution in [0.25, 0.3) is 0 Å². The van der Waals surface area contributed by atoms with Crippen molar-refractivity contribution in [1.82, 2.24) is 5.32 Å². The molecule has 2 aromatic heterocycles. The topological polar surface area (TPSA) is 51.5 Å². The number of methoxy groups -OCH3 is 1. The number of hydrogen-bond donors (Lipinski definition) is 1. The third kappa shape index (κ3) is 3.35. The molecule has 96 valence electrons. The van der Waals surface area contributed by atoms with Crippen LogP contribution in [0, 0.1) is 0 Å². The highest BCUT2D eigenvalue weighted by Gasteiger charge is 2.10. The van der Waals surface area contributed by atoms with E-state index in [1.165, 1.54) is 18.4 Å². The molecule has 2 heterocycles. The van der Waals surface area contributed by atoms with Crippen molar-refractivity contribution in [2.45, 2.75) is 13.1 Å². The van der Waals surface area contributed by atoms with Crippen LogP contribution in [0.5, 0.6) is 0 Å². The van der Waals surface area contributed by atoms with E-state index in [1.807, 2.05) is 12.1 Å². The Labute approximate surface area is 114 Å². The third-order valence-corrected chi connectivity index (χ3v) is 3.51. The third-order valence-electron chi connectivity index (χ3n) is 2.28. The number of halogens is 1. The second-order valence-corrected chi connectivity index (χ2v) is 5.37. The van der Waals surface area contributed by atoms with E-state index in [9.17, 15) is 4.79 Å². The van der Waals surface area contributed by atoms with Gasteiger partial charge in [-0.25, -0.2) is 4.79 Å². The van der Waals surface area contributed by atoms with Gasteiger partial charge in [-0.3, -0.25) is 0 Å². The van der Waals surface area contributed by atoms with Gasteiger partial charge in [0.25, 0.3) is 0 Å². The highest BCUT2D eigenvalue weighted by Crippen LogP contribution is 2.21. The predicted octanol–water partition coefficient (Wildman–Crippen LogP) is 3.07. The van der Waals surface area contributed by atoms with Crippen LogP contribution in [-0.4, -0.2) is 13.1 Å². The van der Waals surface area contributed by atoms with Gasteiger partial charge in [0, 0.05) is 11.4 Å². The Morgan fingerprint density at radius 2 is 2.22 bits per heavy atom. The summed E-state index contributed by atoms with van der Waals surface area (Å²) in [6, 6.07) is 7.19. The van der Waals surface area contributed by atoms with Gasteiger partial charge >= 0.3 is 5.97 Å². The number of esters is 1. The van der Waals surface area contributed by atoms with Gasteiger partial charge < -0.3 is 14.5 Å². The molecule has 0 radical (unpaired) electrons. The number of carbonyl (C=O) groups excluding carboxylic acids is 1. The van der Waals surface area contributed by atoms with Crippen molar-refractivity contribution in [3.05, 3.63) is 45.0 Å². The van der Waals surface area contributed by atoms with Crippen LogP contribution in [0.3, 0.4) is 0 Å². The van der Waals surface area contributed by atoms with E-state index < -0.39 is 5.97 Å². The van der Waals surface area contributed by atoms with E-state index in [0.717, 1.165) is 9.21 Å². The van der Waals surface area contributed by atoms with Crippen LogP contribution in [0.15, 0.2) is 28.7 Å². The number of ether oxygens (including phenoxy) is 1. The minimum absolute atomic E-state index is 0.216. The zero-order valence-corrected chi connectivity index (χ0v) is 11.3. The summed E-state index contributed by atoms with van der Waals surface area (Å²) in [6.07, 6.45) is 0. The van der Waals surface area contributed by atoms with Crippen molar-refractivity contribution in [2.75, 3.05) is 7.11 Å². The molecule has 1 N–H and O–H groups in total. The van der Waals surface area contributed by atoms with Crippen LogP contribution < -0.4 is 5.32 Å². The van der Waals surface area contributed by atoms with Crippen molar-refractivity contribution in [2.24, 2.45) is 0 Å². The molecule has 2 rings (SSSR count). The first-order valence-corrected chi connectivity index (χ1v) is 6.50. The molecule has 2 aromatic rings. The summed E-state index contributed by atoms with van der Waals surface area (Å²) in [5, 5.41) is 3.21. The number of rotatable bonds is 5. The SMILES string of the molecule is COC(=O)c1ccc(CNCc2ccc(Cl)s2)o1. The van der Waals surface area contributed by atoms with Crippen LogP contribution in [0.1, 0.15) is 21.2 Å². The van der Waals surface area contributed by atoms with Gasteiger partial charge in [-0.2, -0.15) is 0 Å². The summed E-state index contributed by atoms with van der Waals surface area (Å²) in [7, 11) is 1.32. The van der Waals surface area contributed by atoms with E-state index in [4.69, 9.17) is 16.0 Å². The summed E-state index contributed by atoms with van der Waals surface area (Å²) in [4.78, 5) is 12.3. The van der Waals surface area contributed by atoms with E-state index in [1.54, 1.807) is 12.1 Å². The number of thiophene rings is 1. The Morgan fingerprint density at radius 3 is 2.89 bits per heavy atom. The highest BCUT2D eigenvalue weighted by molar-refractivity contribution is 7.16. The average molecular weight is 286 g/mol. The molecule has 0 saturated carbocycles. The van der Waals surface area contributed by atoms with Gasteiger partial charge in [0.05, 0.1) is 18.0 Å². The Bertz CT molecular complexity index is 535. The minimum atomic E-state index is -0.466. The fraction of sp³-hybridized carbons (Fsp3) is 0.250. The minimum Gasteiger partial charge on any atom is -0.463 e. The average Bonchev–Trinajstić information content (AvgIpc) is 2.98. The number of nitrogens with one attached hydrogen (secondary N) is 1. The molecule has 0 aliphatic rings. The molecule has 0 aliphatic heterocycles. The molecule has 0 aromatic carbocycles. The van der Waals surface area contributed by atoms with Crippen molar-refractivity contribution in [3.8, 4) is 0 Å². The number of carbonyl (C=O) groups is 1. The van der Waals surface area contributed by atoms with Crippen LogP contribution in [0.2, 0.25) is 4.34 Å². The number of hydrogen-bond acceptors (Lipinski definition) is 5. The lowest BCUT2D eigenvalue weighted by Gasteiger charge is -2.00. The molecule has 0 bridgehead atoms. The molecule has 0 fully saturated rings. The summed E-state index contributed by atoms with van der Waals surface area (Å²) in [5.74, 6) is 0.442. The van der Waals surface area contributed by atoms with Crippen LogP contribution in [-0.2, 0) is 17.8 Å². The van der Waals surface area contributed by atoms with E-state index in [-0.39, 0.29) is 5.76 Å². The molecule has 0 unspecified atom stereocenters. The molecule has 0 aliphatic carbocycles. The van der Waals surface area contributed by atoms with E-state index in [2.05, 4.69) is 10.1 Å². The standard InChI is InChI=1S/C12H12ClNO3S/c1-16-12(15)10-4-2-8(17-10)6-14-7-9-3-5-11(13)18-9/h2-5,14H,6-7H2,1H3. The van der Waals surface area contributed by atoms with Crippen molar-refractivity contribution >= 4 is 28.9 Å². The van der Waals surface area contributed by atoms with E-state index >= 15 is 0 Å². The first kappa shape index (κ1) is 13.1. The first-order chi connectivity index (χ1) is 8.69. The van der Waals surface area contributed by atoms with Gasteiger partial charge in [0.1, 0.15) is 5.76 Å². The molecule has 0 saturated heterocycles. The van der Waals surface area contributed by atoms with Gasteiger partial charge in [-0.15, -0.1) is 11.3 Å². The molecule has 18 heavy (non-hydrogen) atoms. The van der Waals surface area contributed by atoms with Crippen molar-refractivity contribution < 1.29 is 13.9 Å². The molecular formula is C12H12ClNO3S. The van der Waals surface area contributed by atoms with Gasteiger partial charge in [0.2, 0.25) is 5.76 Å². The fourth-order valence-electron chi connectivity index (χ4n) is 1.44. The highest BCUT2D eigenvalue weighted by atomic mass is 35.5. The van der Waals surface area contributed by atoms with Crippen LogP contribution in [0.4, 0.5) is 0 Å². The molecule has 0 spiro atoms. The monoisotopic (exact) mass is 285 g/mol. The maximum atomic E-state index is 11.2. The zero-order valence-electron chi connectivity index (χ0n) is 9.73.